The van der Waals surface area contributed by atoms with Gasteiger partial charge in [-0.2, -0.15) is 0 Å². The molecule has 5 amide bonds. The fourth-order valence-corrected chi connectivity index (χ4v) is 9.89. The van der Waals surface area contributed by atoms with Gasteiger partial charge in [-0.25, -0.2) is 32.3 Å². The van der Waals surface area contributed by atoms with Crippen molar-refractivity contribution < 1.29 is 95.6 Å². The molecule has 0 spiro atoms. The first-order chi connectivity index (χ1) is 35.7. The maximum atomic E-state index is 13.9. The van der Waals surface area contributed by atoms with Crippen LogP contribution in [0, 0.1) is 10.1 Å². The number of hydrogen-bond donors (Lipinski definition) is 9. The summed E-state index contributed by atoms with van der Waals surface area (Å²) in [6.45, 7) is 19.3. The molecule has 29 heteroatoms. The van der Waals surface area contributed by atoms with Gasteiger partial charge in [0.25, 0.3) is 5.69 Å². The van der Waals surface area contributed by atoms with Crippen LogP contribution in [0.5, 0.6) is 0 Å². The second-order valence-corrected chi connectivity index (χ2v) is 25.4. The van der Waals surface area contributed by atoms with Crippen molar-refractivity contribution in [1.82, 2.24) is 30.9 Å². The number of alkyl carbamates (subject to hydrolysis) is 3. The predicted molar refractivity (Wildman–Crippen MR) is 274 cm³/mol. The van der Waals surface area contributed by atoms with E-state index in [1.165, 1.54) is 26.1 Å². The first-order valence-corrected chi connectivity index (χ1v) is 26.9. The van der Waals surface area contributed by atoms with Gasteiger partial charge in [-0.1, -0.05) is 12.1 Å². The van der Waals surface area contributed by atoms with Crippen LogP contribution in [0.3, 0.4) is 0 Å². The zero-order valence-electron chi connectivity index (χ0n) is 46.7. The molecule has 9 N–H and O–H groups in total. The number of aliphatic hydroxyl groups is 4. The number of sulfonamides is 1. The first-order valence-electron chi connectivity index (χ1n) is 25.5. The number of carbonyl (C=O) groups excluding carboxylic acids is 5. The molecule has 2 aliphatic heterocycles. The van der Waals surface area contributed by atoms with Gasteiger partial charge in [-0.3, -0.25) is 14.9 Å². The Morgan fingerprint density at radius 3 is 1.85 bits per heavy atom. The molecule has 28 nitrogen and oxygen atoms in total. The van der Waals surface area contributed by atoms with Crippen LogP contribution >= 0.6 is 0 Å². The molecule has 0 unspecified atom stereocenters. The lowest BCUT2D eigenvalue weighted by molar-refractivity contribution is -0.387. The summed E-state index contributed by atoms with van der Waals surface area (Å²) >= 11 is 0. The van der Waals surface area contributed by atoms with Gasteiger partial charge < -0.3 is 84.5 Å². The number of para-hydroxylation sites is 1. The van der Waals surface area contributed by atoms with Gasteiger partial charge in [0, 0.05) is 26.2 Å². The highest BCUT2D eigenvalue weighted by Gasteiger charge is 2.55. The Balaban J connectivity index is 1.78. The van der Waals surface area contributed by atoms with Crippen molar-refractivity contribution in [2.75, 3.05) is 26.7 Å². The third-order valence-corrected chi connectivity index (χ3v) is 13.3. The molecule has 13 atom stereocenters. The lowest BCUT2D eigenvalue weighted by Gasteiger charge is -2.51. The van der Waals surface area contributed by atoms with E-state index in [1.54, 1.807) is 83.1 Å². The number of carbonyl (C=O) groups is 5. The maximum Gasteiger partial charge on any atom is 0.410 e. The van der Waals surface area contributed by atoms with Gasteiger partial charge in [0.05, 0.1) is 41.8 Å². The highest BCUT2D eigenvalue weighted by molar-refractivity contribution is 7.89. The zero-order valence-corrected chi connectivity index (χ0v) is 47.5. The summed E-state index contributed by atoms with van der Waals surface area (Å²) in [5.41, 5.74) is -6.56. The molecule has 3 fully saturated rings. The van der Waals surface area contributed by atoms with E-state index in [0.717, 1.165) is 17.0 Å². The van der Waals surface area contributed by atoms with Crippen molar-refractivity contribution in [1.29, 1.82) is 0 Å². The molecular formula is C49H81N7O21S. The number of nitro groups is 1. The predicted octanol–water partition coefficient (Wildman–Crippen LogP) is 2.16. The van der Waals surface area contributed by atoms with Crippen LogP contribution in [0.4, 0.5) is 24.9 Å². The molecule has 1 aromatic carbocycles. The number of rotatable bonds is 17. The number of nitrogens with one attached hydrogen (secondary N) is 5. The van der Waals surface area contributed by atoms with Gasteiger partial charge in [0.1, 0.15) is 58.5 Å². The lowest BCUT2D eigenvalue weighted by atomic mass is 9.82. The summed E-state index contributed by atoms with van der Waals surface area (Å²) in [6.07, 6.45) is -18.2. The summed E-state index contributed by atoms with van der Waals surface area (Å²) in [5.74, 6) is -1.05. The Hall–Kier alpha value is -5.24. The highest BCUT2D eigenvalue weighted by Crippen LogP contribution is 2.35. The molecule has 0 bridgehead atoms. The normalized spacial score (nSPS) is 28.5. The van der Waals surface area contributed by atoms with E-state index in [2.05, 4.69) is 26.0 Å². The molecule has 4 rings (SSSR count). The average Bonchev–Trinajstić information content (AvgIpc) is 3.26. The molecule has 0 radical (unpaired) electrons. The number of nitrogens with zero attached hydrogens (tertiary/aromatic N) is 2. The molecule has 3 aliphatic rings. The zero-order chi connectivity index (χ0) is 59.1. The van der Waals surface area contributed by atoms with Crippen molar-refractivity contribution in [3.8, 4) is 0 Å². The van der Waals surface area contributed by atoms with Crippen LogP contribution in [-0.4, -0.2) is 197 Å². The van der Waals surface area contributed by atoms with E-state index in [-0.39, 0.29) is 25.8 Å². The van der Waals surface area contributed by atoms with E-state index in [4.69, 9.17) is 37.9 Å². The van der Waals surface area contributed by atoms with Crippen LogP contribution in [0.25, 0.3) is 0 Å². The Labute approximate surface area is 454 Å². The van der Waals surface area contributed by atoms with E-state index < -0.39 is 177 Å². The van der Waals surface area contributed by atoms with Crippen molar-refractivity contribution >= 4 is 46.0 Å². The second-order valence-electron chi connectivity index (χ2n) is 23.6. The minimum absolute atomic E-state index is 0.00262. The van der Waals surface area contributed by atoms with Crippen LogP contribution in [0.15, 0.2) is 29.2 Å². The fourth-order valence-electron chi connectivity index (χ4n) is 8.65. The van der Waals surface area contributed by atoms with Crippen molar-refractivity contribution in [2.45, 2.75) is 222 Å². The summed E-state index contributed by atoms with van der Waals surface area (Å²) < 4.78 is 76.2. The third-order valence-electron chi connectivity index (χ3n) is 11.9. The van der Waals surface area contributed by atoms with Crippen LogP contribution < -0.4 is 26.0 Å². The number of amides is 5. The van der Waals surface area contributed by atoms with Crippen LogP contribution in [-0.2, 0) is 52.7 Å². The summed E-state index contributed by atoms with van der Waals surface area (Å²) in [7, 11) is -3.28. The van der Waals surface area contributed by atoms with E-state index >= 15 is 0 Å². The minimum atomic E-state index is -4.55. The Kier molecular flexibility index (Phi) is 21.7. The molecule has 1 aliphatic carbocycles. The van der Waals surface area contributed by atoms with Gasteiger partial charge >= 0.3 is 24.4 Å². The minimum Gasteiger partial charge on any atom is -0.444 e. The Bertz CT molecular complexity index is 2370. The smallest absolute Gasteiger partial charge is 0.410 e. The molecule has 78 heavy (non-hydrogen) atoms. The number of hydrogen-bond acceptors (Lipinski definition) is 21. The molecule has 1 saturated carbocycles. The van der Waals surface area contributed by atoms with E-state index in [1.807, 2.05) is 0 Å². The summed E-state index contributed by atoms with van der Waals surface area (Å²) in [6, 6.07) is -0.806. The molecule has 444 valence electrons. The molecule has 2 heterocycles. The Morgan fingerprint density at radius 2 is 1.29 bits per heavy atom. The van der Waals surface area contributed by atoms with Gasteiger partial charge in [-0.15, -0.1) is 0 Å². The van der Waals surface area contributed by atoms with E-state index in [0.29, 0.717) is 0 Å². The SMILES string of the molecule is CN(C(=O)OC(C)(C)C)[C@@H]1[C@@H](O)[C@@H](O[C@@H]2[C@@H](O)[C@H](O[C@H]3O[C@H](CNS(=O)(=O)c4ccccc4[N+](=O)[O-])CC[C@H]3NC(=O)OC(C)(C)C)[C@@H](NC(=O)OC(C)(C)C)C[C@H]2NC(=O)[C@@H](O)CCNC(=O)OC(C)(C)C)OC[C@]1(C)O. The van der Waals surface area contributed by atoms with Crippen molar-refractivity contribution in [3.05, 3.63) is 34.4 Å². The summed E-state index contributed by atoms with van der Waals surface area (Å²) in [4.78, 5) is 77.8. The van der Waals surface area contributed by atoms with Gasteiger partial charge in [-0.05, 0) is 122 Å². The molecular weight excluding hydrogens is 1050 g/mol. The number of benzene rings is 1. The Morgan fingerprint density at radius 1 is 0.782 bits per heavy atom. The number of ether oxygens (including phenoxy) is 8. The van der Waals surface area contributed by atoms with Gasteiger partial charge in [0.15, 0.2) is 17.5 Å². The number of aliphatic hydroxyl groups excluding tert-OH is 3. The number of likely N-dealkylation sites (N-methyl/N-ethyl adjacent to an activating group) is 1. The standard InChI is InChI=1S/C49H81N7O21S/c1-45(2,3)74-41(61)50-22-21-31(57)38(60)52-28-23-29(54-43(63)76-47(7,8)9)36(33(58)35(28)73-40-34(59)37(49(13,65)25-70-40)55(14)44(64)77-48(10,11)12)72-39-27(53-42(62)75-46(4,5)6)20-19-26(71-39)24-51-78(68,69)32-18-16-15-17-30(32)56(66)67/h15-18,26-29,31,33-37,39-40,51,57-59,65H,19-25H2,1-14H3,(H,50,61)(H,52,60)(H,53,62)(H,54,63)/t26-,27+,28+,29-,31-,33+,34+,35-,36+,37+,39+,40+,49-/m0/s1. The largest absolute Gasteiger partial charge is 0.444 e. The van der Waals surface area contributed by atoms with E-state index in [9.17, 15) is 62.9 Å². The maximum absolute atomic E-state index is 13.9. The fraction of sp³-hybridized carbons (Fsp3) is 0.776. The highest BCUT2D eigenvalue weighted by atomic mass is 32.2. The van der Waals surface area contributed by atoms with Crippen LogP contribution in [0.1, 0.15) is 116 Å². The molecule has 1 aromatic rings. The van der Waals surface area contributed by atoms with Gasteiger partial charge in [0.2, 0.25) is 15.9 Å². The second kappa shape index (κ2) is 25.9. The summed E-state index contributed by atoms with van der Waals surface area (Å²) in [5, 5.41) is 69.4. The quantitative estimate of drug-likeness (QED) is 0.0613. The molecule has 2 saturated heterocycles. The number of nitro benzene ring substituents is 1. The van der Waals surface area contributed by atoms with Crippen LogP contribution in [0.2, 0.25) is 0 Å². The van der Waals surface area contributed by atoms with Crippen molar-refractivity contribution in [3.63, 3.8) is 0 Å². The molecule has 0 aromatic heterocycles. The average molecular weight is 1140 g/mol. The lowest BCUT2D eigenvalue weighted by Crippen LogP contribution is -2.71. The third kappa shape index (κ3) is 19.5. The monoisotopic (exact) mass is 1140 g/mol. The van der Waals surface area contributed by atoms with Crippen molar-refractivity contribution in [2.24, 2.45) is 0 Å². The first kappa shape index (κ1) is 65.3. The topological polar surface area (TPSA) is 381 Å².